The van der Waals surface area contributed by atoms with E-state index >= 15 is 0 Å². The van der Waals surface area contributed by atoms with Gasteiger partial charge in [-0.15, -0.1) is 0 Å². The second-order valence-corrected chi connectivity index (χ2v) is 5.25. The Balaban J connectivity index is 1.47. The van der Waals surface area contributed by atoms with Gasteiger partial charge >= 0.3 is 5.97 Å². The molecule has 4 heteroatoms. The van der Waals surface area contributed by atoms with Crippen molar-refractivity contribution < 1.29 is 9.90 Å². The minimum atomic E-state index is -0.650. The van der Waals surface area contributed by atoms with E-state index in [4.69, 9.17) is 5.11 Å². The van der Waals surface area contributed by atoms with Crippen LogP contribution in [0.25, 0.3) is 10.9 Å². The zero-order valence-corrected chi connectivity index (χ0v) is 10.7. The number of aromatic nitrogens is 1. The summed E-state index contributed by atoms with van der Waals surface area (Å²) in [6.45, 7) is 1.71. The predicted octanol–water partition coefficient (Wildman–Crippen LogP) is 2.02. The molecule has 2 unspecified atom stereocenters. The number of benzene rings is 1. The summed E-state index contributed by atoms with van der Waals surface area (Å²) >= 11 is 0. The van der Waals surface area contributed by atoms with Crippen molar-refractivity contribution in [3.63, 3.8) is 0 Å². The van der Waals surface area contributed by atoms with Crippen molar-refractivity contribution in [3.8, 4) is 0 Å². The molecule has 1 aliphatic rings. The van der Waals surface area contributed by atoms with Crippen molar-refractivity contribution in [1.29, 1.82) is 0 Å². The number of hydrogen-bond acceptors (Lipinski definition) is 2. The number of aromatic amines is 1. The number of para-hydroxylation sites is 1. The largest absolute Gasteiger partial charge is 0.481 e. The molecule has 2 atom stereocenters. The molecule has 1 aromatic carbocycles. The zero-order chi connectivity index (χ0) is 13.2. The summed E-state index contributed by atoms with van der Waals surface area (Å²) in [5.41, 5.74) is 2.49. The topological polar surface area (TPSA) is 65.1 Å². The van der Waals surface area contributed by atoms with Crippen molar-refractivity contribution in [2.75, 3.05) is 13.1 Å². The molecule has 19 heavy (non-hydrogen) atoms. The molecule has 3 rings (SSSR count). The molecular weight excluding hydrogens is 240 g/mol. The van der Waals surface area contributed by atoms with Crippen molar-refractivity contribution >= 4 is 16.9 Å². The van der Waals surface area contributed by atoms with Crippen LogP contribution >= 0.6 is 0 Å². The molecular formula is C15H18N2O2. The van der Waals surface area contributed by atoms with Gasteiger partial charge in [0.15, 0.2) is 0 Å². The van der Waals surface area contributed by atoms with Gasteiger partial charge in [-0.3, -0.25) is 4.79 Å². The number of rotatable bonds is 6. The monoisotopic (exact) mass is 258 g/mol. The third kappa shape index (κ3) is 2.63. The summed E-state index contributed by atoms with van der Waals surface area (Å²) in [7, 11) is 0. The maximum absolute atomic E-state index is 10.7. The van der Waals surface area contributed by atoms with Crippen LogP contribution in [0.1, 0.15) is 12.0 Å². The Hall–Kier alpha value is -1.81. The molecule has 1 fully saturated rings. The highest BCUT2D eigenvalue weighted by molar-refractivity contribution is 5.83. The van der Waals surface area contributed by atoms with Crippen LogP contribution in [0.15, 0.2) is 30.5 Å². The molecule has 4 nitrogen and oxygen atoms in total. The molecule has 100 valence electrons. The molecule has 3 N–H and O–H groups in total. The number of H-pyrrole nitrogens is 1. The van der Waals surface area contributed by atoms with Gasteiger partial charge in [0.05, 0.1) is 5.92 Å². The number of fused-ring (bicyclic) bond motifs is 1. The minimum Gasteiger partial charge on any atom is -0.481 e. The van der Waals surface area contributed by atoms with Gasteiger partial charge in [0.2, 0.25) is 0 Å². The summed E-state index contributed by atoms with van der Waals surface area (Å²) in [5, 5.41) is 13.5. The fourth-order valence-electron chi connectivity index (χ4n) is 2.62. The van der Waals surface area contributed by atoms with Crippen LogP contribution in [-0.4, -0.2) is 29.1 Å². The van der Waals surface area contributed by atoms with Crippen LogP contribution in [0, 0.1) is 11.8 Å². The summed E-state index contributed by atoms with van der Waals surface area (Å²) in [6.07, 6.45) is 3.85. The highest BCUT2D eigenvalue weighted by Gasteiger charge is 2.42. The molecule has 0 bridgehead atoms. The summed E-state index contributed by atoms with van der Waals surface area (Å²) in [4.78, 5) is 14.0. The maximum Gasteiger partial charge on any atom is 0.306 e. The Bertz CT molecular complexity index is 591. The summed E-state index contributed by atoms with van der Waals surface area (Å²) in [5.74, 6) is -0.426. The standard InChI is InChI=1S/C15H18N2O2/c18-15(19)13-7-11(13)8-16-6-5-10-9-17-14-4-2-1-3-12(10)14/h1-4,9,11,13,16-17H,5-8H2,(H,18,19). The lowest BCUT2D eigenvalue weighted by Gasteiger charge is -2.03. The Morgan fingerprint density at radius 2 is 2.26 bits per heavy atom. The fourth-order valence-corrected chi connectivity index (χ4v) is 2.62. The van der Waals surface area contributed by atoms with Gasteiger partial charge in [0, 0.05) is 17.1 Å². The first-order valence-electron chi connectivity index (χ1n) is 6.74. The third-order valence-corrected chi connectivity index (χ3v) is 3.89. The molecule has 1 heterocycles. The summed E-state index contributed by atoms with van der Waals surface area (Å²) in [6, 6.07) is 8.28. The molecule has 1 aliphatic carbocycles. The molecule has 0 amide bonds. The van der Waals surface area contributed by atoms with Gasteiger partial charge < -0.3 is 15.4 Å². The van der Waals surface area contributed by atoms with Crippen LogP contribution in [0.2, 0.25) is 0 Å². The SMILES string of the molecule is O=C(O)C1CC1CNCCc1c[nH]c2ccccc12. The van der Waals surface area contributed by atoms with Crippen LogP contribution in [0.5, 0.6) is 0 Å². The van der Waals surface area contributed by atoms with E-state index in [9.17, 15) is 4.79 Å². The third-order valence-electron chi connectivity index (χ3n) is 3.89. The first kappa shape index (κ1) is 12.2. The first-order valence-corrected chi connectivity index (χ1v) is 6.74. The number of carboxylic acid groups (broad SMARTS) is 1. The average Bonchev–Trinajstić information content (AvgIpc) is 3.08. The number of carboxylic acids is 1. The normalized spacial score (nSPS) is 21.7. The highest BCUT2D eigenvalue weighted by atomic mass is 16.4. The van der Waals surface area contributed by atoms with Crippen LogP contribution in [-0.2, 0) is 11.2 Å². The number of hydrogen-bond donors (Lipinski definition) is 3. The van der Waals surface area contributed by atoms with E-state index in [1.165, 1.54) is 16.5 Å². The smallest absolute Gasteiger partial charge is 0.306 e. The van der Waals surface area contributed by atoms with E-state index in [1.807, 2.05) is 6.07 Å². The van der Waals surface area contributed by atoms with Gasteiger partial charge in [-0.25, -0.2) is 0 Å². The van der Waals surface area contributed by atoms with Crippen molar-refractivity contribution in [3.05, 3.63) is 36.0 Å². The number of aliphatic carboxylic acids is 1. The fraction of sp³-hybridized carbons (Fsp3) is 0.400. The van der Waals surface area contributed by atoms with E-state index < -0.39 is 5.97 Å². The van der Waals surface area contributed by atoms with Crippen molar-refractivity contribution in [2.24, 2.45) is 11.8 Å². The Morgan fingerprint density at radius 1 is 1.42 bits per heavy atom. The van der Waals surface area contributed by atoms with Crippen LogP contribution in [0.3, 0.4) is 0 Å². The van der Waals surface area contributed by atoms with E-state index in [2.05, 4.69) is 34.7 Å². The van der Waals surface area contributed by atoms with E-state index in [1.54, 1.807) is 0 Å². The lowest BCUT2D eigenvalue weighted by atomic mass is 10.1. The second kappa shape index (κ2) is 5.05. The van der Waals surface area contributed by atoms with Crippen molar-refractivity contribution in [1.82, 2.24) is 10.3 Å². The van der Waals surface area contributed by atoms with Gasteiger partial charge in [0.25, 0.3) is 0 Å². The van der Waals surface area contributed by atoms with Crippen LogP contribution in [0.4, 0.5) is 0 Å². The Labute approximate surface area is 111 Å². The predicted molar refractivity (Wildman–Crippen MR) is 74.1 cm³/mol. The minimum absolute atomic E-state index is 0.111. The van der Waals surface area contributed by atoms with Crippen molar-refractivity contribution in [2.45, 2.75) is 12.8 Å². The molecule has 1 saturated carbocycles. The first-order chi connectivity index (χ1) is 9.25. The Kier molecular flexibility index (Phi) is 3.25. The highest BCUT2D eigenvalue weighted by Crippen LogP contribution is 2.37. The number of nitrogens with one attached hydrogen (secondary N) is 2. The van der Waals surface area contributed by atoms with E-state index in [-0.39, 0.29) is 5.92 Å². The van der Waals surface area contributed by atoms with E-state index in [0.717, 1.165) is 25.9 Å². The maximum atomic E-state index is 10.7. The molecule has 0 aliphatic heterocycles. The Morgan fingerprint density at radius 3 is 3.05 bits per heavy atom. The molecule has 1 aromatic heterocycles. The second-order valence-electron chi connectivity index (χ2n) is 5.25. The van der Waals surface area contributed by atoms with Gasteiger partial charge in [-0.05, 0) is 43.5 Å². The zero-order valence-electron chi connectivity index (χ0n) is 10.7. The molecule has 0 spiro atoms. The summed E-state index contributed by atoms with van der Waals surface area (Å²) < 4.78 is 0. The van der Waals surface area contributed by atoms with Gasteiger partial charge in [-0.1, -0.05) is 18.2 Å². The lowest BCUT2D eigenvalue weighted by molar-refractivity contribution is -0.138. The van der Waals surface area contributed by atoms with Gasteiger partial charge in [0.1, 0.15) is 0 Å². The number of carbonyl (C=O) groups is 1. The molecule has 2 aromatic rings. The lowest BCUT2D eigenvalue weighted by Crippen LogP contribution is -2.21. The molecule has 0 radical (unpaired) electrons. The van der Waals surface area contributed by atoms with Gasteiger partial charge in [-0.2, -0.15) is 0 Å². The van der Waals surface area contributed by atoms with Crippen LogP contribution < -0.4 is 5.32 Å². The molecule has 0 saturated heterocycles. The van der Waals surface area contributed by atoms with E-state index in [0.29, 0.717) is 5.92 Å². The quantitative estimate of drug-likeness (QED) is 0.694. The average molecular weight is 258 g/mol.